The molecule has 14 heteroatoms. The van der Waals surface area contributed by atoms with Gasteiger partial charge in [-0.2, -0.15) is 0 Å². The summed E-state index contributed by atoms with van der Waals surface area (Å²) in [6, 6.07) is 4.37. The molecule has 0 aliphatic carbocycles. The molecule has 0 unspecified atom stereocenters. The van der Waals surface area contributed by atoms with Crippen LogP contribution >= 0.6 is 0 Å². The number of carbonyl (C=O) groups is 2. The predicted octanol–water partition coefficient (Wildman–Crippen LogP) is 3.64. The SMILES string of the molecule is CC(C)(C)OC(=O)N1C[C@H](NC(=O)c2ncc(-c3cccc(OC(F)(F)F)c3)o2)C[C@H]1Cn1ccnn1. The van der Waals surface area contributed by atoms with Gasteiger partial charge in [0.2, 0.25) is 0 Å². The van der Waals surface area contributed by atoms with Crippen molar-refractivity contribution in [1.82, 2.24) is 30.2 Å². The molecule has 198 valence electrons. The maximum absolute atomic E-state index is 12.8. The number of halogens is 3. The number of carbonyl (C=O) groups excluding carboxylic acids is 2. The normalized spacial score (nSPS) is 18.1. The Hall–Kier alpha value is -4.10. The Labute approximate surface area is 209 Å². The molecule has 2 amide bonds. The summed E-state index contributed by atoms with van der Waals surface area (Å²) in [4.78, 5) is 31.1. The molecular weight excluding hydrogens is 497 g/mol. The molecule has 1 N–H and O–H groups in total. The average molecular weight is 522 g/mol. The summed E-state index contributed by atoms with van der Waals surface area (Å²) in [7, 11) is 0. The summed E-state index contributed by atoms with van der Waals surface area (Å²) in [6.07, 6.45) is -0.523. The van der Waals surface area contributed by atoms with E-state index in [1.165, 1.54) is 29.4 Å². The molecule has 2 atom stereocenters. The zero-order valence-electron chi connectivity index (χ0n) is 20.2. The van der Waals surface area contributed by atoms with Crippen molar-refractivity contribution < 1.29 is 36.7 Å². The number of aromatic nitrogens is 4. The second-order valence-corrected chi connectivity index (χ2v) is 9.42. The van der Waals surface area contributed by atoms with Gasteiger partial charge in [-0.25, -0.2) is 9.78 Å². The van der Waals surface area contributed by atoms with Crippen molar-refractivity contribution in [3.63, 3.8) is 0 Å². The van der Waals surface area contributed by atoms with Crippen molar-refractivity contribution >= 4 is 12.0 Å². The van der Waals surface area contributed by atoms with Crippen molar-refractivity contribution in [1.29, 1.82) is 0 Å². The van der Waals surface area contributed by atoms with E-state index in [-0.39, 0.29) is 29.8 Å². The van der Waals surface area contributed by atoms with Crippen LogP contribution in [0.25, 0.3) is 11.3 Å². The fourth-order valence-electron chi connectivity index (χ4n) is 3.89. The lowest BCUT2D eigenvalue weighted by molar-refractivity contribution is -0.274. The maximum Gasteiger partial charge on any atom is 0.573 e. The highest BCUT2D eigenvalue weighted by molar-refractivity contribution is 5.90. The van der Waals surface area contributed by atoms with Crippen LogP contribution in [0.2, 0.25) is 0 Å². The van der Waals surface area contributed by atoms with E-state index >= 15 is 0 Å². The minimum absolute atomic E-state index is 0.0867. The number of likely N-dealkylation sites (tertiary alicyclic amines) is 1. The molecule has 4 rings (SSSR count). The number of nitrogens with one attached hydrogen (secondary N) is 1. The number of amides is 2. The molecule has 1 aromatic carbocycles. The highest BCUT2D eigenvalue weighted by Crippen LogP contribution is 2.29. The van der Waals surface area contributed by atoms with Crippen LogP contribution in [0, 0.1) is 0 Å². The smallest absolute Gasteiger partial charge is 0.444 e. The molecule has 11 nitrogen and oxygen atoms in total. The van der Waals surface area contributed by atoms with Crippen molar-refractivity contribution in [2.45, 2.75) is 57.8 Å². The van der Waals surface area contributed by atoms with Gasteiger partial charge in [-0.05, 0) is 39.3 Å². The Kier molecular flexibility index (Phi) is 7.09. The highest BCUT2D eigenvalue weighted by Gasteiger charge is 2.39. The van der Waals surface area contributed by atoms with E-state index in [4.69, 9.17) is 9.15 Å². The molecule has 37 heavy (non-hydrogen) atoms. The predicted molar refractivity (Wildman–Crippen MR) is 121 cm³/mol. The fraction of sp³-hybridized carbons (Fsp3) is 0.435. The van der Waals surface area contributed by atoms with E-state index in [1.54, 1.807) is 31.6 Å². The minimum atomic E-state index is -4.84. The zero-order chi connectivity index (χ0) is 26.8. The molecule has 1 aliphatic heterocycles. The summed E-state index contributed by atoms with van der Waals surface area (Å²) in [5.74, 6) is -1.26. The van der Waals surface area contributed by atoms with Gasteiger partial charge < -0.3 is 24.1 Å². The molecule has 0 saturated carbocycles. The molecule has 2 aromatic heterocycles. The zero-order valence-corrected chi connectivity index (χ0v) is 20.2. The molecule has 0 spiro atoms. The maximum atomic E-state index is 12.8. The lowest BCUT2D eigenvalue weighted by Gasteiger charge is -2.28. The van der Waals surface area contributed by atoms with Gasteiger partial charge in [0.05, 0.1) is 25.0 Å². The van der Waals surface area contributed by atoms with Crippen LogP contribution in [-0.2, 0) is 11.3 Å². The number of benzene rings is 1. The molecule has 0 radical (unpaired) electrons. The van der Waals surface area contributed by atoms with Gasteiger partial charge in [0, 0.05) is 24.3 Å². The Morgan fingerprint density at radius 1 is 1.24 bits per heavy atom. The number of ether oxygens (including phenoxy) is 2. The summed E-state index contributed by atoms with van der Waals surface area (Å²) in [5.41, 5.74) is -0.453. The largest absolute Gasteiger partial charge is 0.573 e. The van der Waals surface area contributed by atoms with E-state index < -0.39 is 35.8 Å². The molecule has 0 bridgehead atoms. The molecule has 3 aromatic rings. The number of nitrogens with zero attached hydrogens (tertiary/aromatic N) is 5. The van der Waals surface area contributed by atoms with Gasteiger partial charge in [0.1, 0.15) is 11.4 Å². The number of hydrogen-bond donors (Lipinski definition) is 1. The first-order valence-corrected chi connectivity index (χ1v) is 11.3. The van der Waals surface area contributed by atoms with Crippen LogP contribution in [0.15, 0.2) is 47.3 Å². The highest BCUT2D eigenvalue weighted by atomic mass is 19.4. The van der Waals surface area contributed by atoms with Crippen LogP contribution in [0.4, 0.5) is 18.0 Å². The van der Waals surface area contributed by atoms with Crippen molar-refractivity contribution in [3.8, 4) is 17.1 Å². The summed E-state index contributed by atoms with van der Waals surface area (Å²) >= 11 is 0. The van der Waals surface area contributed by atoms with E-state index in [0.29, 0.717) is 13.0 Å². The number of alkyl halides is 3. The van der Waals surface area contributed by atoms with E-state index in [0.717, 1.165) is 12.1 Å². The third-order valence-electron chi connectivity index (χ3n) is 5.30. The summed E-state index contributed by atoms with van der Waals surface area (Å²) in [6.45, 7) is 5.82. The van der Waals surface area contributed by atoms with E-state index in [2.05, 4.69) is 25.3 Å². The van der Waals surface area contributed by atoms with Crippen molar-refractivity contribution in [2.75, 3.05) is 6.54 Å². The minimum Gasteiger partial charge on any atom is -0.444 e. The van der Waals surface area contributed by atoms with Crippen LogP contribution < -0.4 is 10.1 Å². The lowest BCUT2D eigenvalue weighted by atomic mass is 10.1. The topological polar surface area (TPSA) is 125 Å². The standard InChI is InChI=1S/C23H25F3N6O5/c1-22(2,3)37-21(34)32-12-15(10-16(32)13-31-8-7-28-30-31)29-19(33)20-27-11-18(35-20)14-5-4-6-17(9-14)36-23(24,25)26/h4-9,11,15-16H,10,12-13H2,1-3H3,(H,29,33)/t15-,16+/m1/s1. The third kappa shape index (κ3) is 6.98. The lowest BCUT2D eigenvalue weighted by Crippen LogP contribution is -2.43. The van der Waals surface area contributed by atoms with Crippen molar-refractivity contribution in [3.05, 3.63) is 48.7 Å². The first-order chi connectivity index (χ1) is 17.4. The van der Waals surface area contributed by atoms with E-state index in [9.17, 15) is 22.8 Å². The Morgan fingerprint density at radius 3 is 2.70 bits per heavy atom. The second kappa shape index (κ2) is 10.1. The Morgan fingerprint density at radius 2 is 2.03 bits per heavy atom. The summed E-state index contributed by atoms with van der Waals surface area (Å²) in [5, 5.41) is 10.5. The molecule has 3 heterocycles. The number of oxazole rings is 1. The molecule has 1 saturated heterocycles. The fourth-order valence-corrected chi connectivity index (χ4v) is 3.89. The van der Waals surface area contributed by atoms with Gasteiger partial charge in [-0.15, -0.1) is 18.3 Å². The van der Waals surface area contributed by atoms with Crippen LogP contribution in [0.5, 0.6) is 5.75 Å². The molecule has 1 aliphatic rings. The van der Waals surface area contributed by atoms with Gasteiger partial charge >= 0.3 is 18.4 Å². The summed E-state index contributed by atoms with van der Waals surface area (Å²) < 4.78 is 54.1. The average Bonchev–Trinajstić information content (AvgIpc) is 3.53. The van der Waals surface area contributed by atoms with E-state index in [1.807, 2.05) is 0 Å². The van der Waals surface area contributed by atoms with Crippen molar-refractivity contribution in [2.24, 2.45) is 0 Å². The van der Waals surface area contributed by atoms with Gasteiger partial charge in [-0.1, -0.05) is 17.3 Å². The van der Waals surface area contributed by atoms with Crippen LogP contribution in [-0.4, -0.2) is 67.5 Å². The third-order valence-corrected chi connectivity index (χ3v) is 5.30. The van der Waals surface area contributed by atoms with Gasteiger partial charge in [0.15, 0.2) is 5.76 Å². The quantitative estimate of drug-likeness (QED) is 0.520. The molecule has 1 fully saturated rings. The monoisotopic (exact) mass is 522 g/mol. The Bertz CT molecular complexity index is 1240. The second-order valence-electron chi connectivity index (χ2n) is 9.42. The number of hydrogen-bond acceptors (Lipinski definition) is 8. The first-order valence-electron chi connectivity index (χ1n) is 11.3. The van der Waals surface area contributed by atoms with Crippen LogP contribution in [0.3, 0.4) is 0 Å². The first kappa shape index (κ1) is 26.0. The Balaban J connectivity index is 1.44. The molecular formula is C23H25F3N6O5. The van der Waals surface area contributed by atoms with Crippen LogP contribution in [0.1, 0.15) is 37.9 Å². The van der Waals surface area contributed by atoms with Gasteiger partial charge in [-0.3, -0.25) is 9.48 Å². The van der Waals surface area contributed by atoms with Gasteiger partial charge in [0.25, 0.3) is 5.89 Å². The number of rotatable bonds is 6.